The Kier molecular flexibility index (Phi) is 9.98. The first kappa shape index (κ1) is 33.8. The van der Waals surface area contributed by atoms with Gasteiger partial charge in [-0.25, -0.2) is 9.97 Å². The van der Waals surface area contributed by atoms with Crippen molar-refractivity contribution in [3.63, 3.8) is 0 Å². The van der Waals surface area contributed by atoms with Crippen LogP contribution in [0.2, 0.25) is 5.15 Å². The van der Waals surface area contributed by atoms with Gasteiger partial charge in [-0.15, -0.1) is 0 Å². The summed E-state index contributed by atoms with van der Waals surface area (Å²) in [6, 6.07) is 24.4. The van der Waals surface area contributed by atoms with Crippen molar-refractivity contribution in [1.29, 1.82) is 0 Å². The van der Waals surface area contributed by atoms with Gasteiger partial charge in [0, 0.05) is 62.3 Å². The van der Waals surface area contributed by atoms with Gasteiger partial charge in [0.05, 0.1) is 11.0 Å². The molecule has 0 N–H and O–H groups in total. The molecule has 0 bridgehead atoms. The molecule has 0 saturated carbocycles. The topological polar surface area (TPSA) is 69.6 Å². The van der Waals surface area contributed by atoms with Gasteiger partial charge in [0.1, 0.15) is 16.8 Å². The lowest BCUT2D eigenvalue weighted by Gasteiger charge is -2.41. The second-order valence-electron chi connectivity index (χ2n) is 12.1. The van der Waals surface area contributed by atoms with E-state index in [9.17, 15) is 22.8 Å². The number of anilines is 2. The monoisotopic (exact) mass is 693 g/mol. The van der Waals surface area contributed by atoms with Crippen LogP contribution in [0, 0.1) is 0 Å². The maximum Gasteiger partial charge on any atom is 0.416 e. The van der Waals surface area contributed by atoms with Gasteiger partial charge in [0.15, 0.2) is 5.16 Å². The third-order valence-electron chi connectivity index (χ3n) is 9.25. The highest BCUT2D eigenvalue weighted by molar-refractivity contribution is 7.98. The number of amides is 1. The number of benzene rings is 3. The number of rotatable bonds is 8. The van der Waals surface area contributed by atoms with Crippen LogP contribution in [0.4, 0.5) is 24.7 Å². The Morgan fingerprint density at radius 1 is 0.833 bits per heavy atom. The second-order valence-corrected chi connectivity index (χ2v) is 13.5. The van der Waals surface area contributed by atoms with Crippen molar-refractivity contribution in [3.8, 4) is 0 Å². The molecule has 0 spiro atoms. The van der Waals surface area contributed by atoms with Gasteiger partial charge in [0.25, 0.3) is 5.91 Å². The summed E-state index contributed by atoms with van der Waals surface area (Å²) in [7, 11) is 0. The van der Waals surface area contributed by atoms with Gasteiger partial charge >= 0.3 is 6.18 Å². The molecule has 2 fully saturated rings. The number of thioether (sulfide) groups is 1. The smallest absolute Gasteiger partial charge is 0.368 e. The van der Waals surface area contributed by atoms with E-state index in [4.69, 9.17) is 16.6 Å². The molecule has 1 amide bonds. The van der Waals surface area contributed by atoms with Crippen LogP contribution in [-0.4, -0.2) is 65.8 Å². The van der Waals surface area contributed by atoms with Crippen molar-refractivity contribution in [3.05, 3.63) is 112 Å². The minimum absolute atomic E-state index is 0.117. The van der Waals surface area contributed by atoms with Crippen molar-refractivity contribution >= 4 is 46.6 Å². The first-order chi connectivity index (χ1) is 23.0. The Hall–Kier alpha value is -4.09. The fourth-order valence-electron chi connectivity index (χ4n) is 6.50. The van der Waals surface area contributed by atoms with E-state index in [1.165, 1.54) is 17.8 Å². The number of piperazine rings is 1. The molecule has 2 aliphatic heterocycles. The molecular weight excluding hydrogens is 659 g/mol. The molecule has 0 aliphatic carbocycles. The van der Waals surface area contributed by atoms with Crippen LogP contribution in [0.3, 0.4) is 0 Å². The van der Waals surface area contributed by atoms with Crippen molar-refractivity contribution in [2.24, 2.45) is 0 Å². The number of carbonyl (C=O) groups excluding carboxylic acids is 2. The molecule has 12 heteroatoms. The van der Waals surface area contributed by atoms with Crippen LogP contribution in [0.25, 0.3) is 0 Å². The maximum absolute atomic E-state index is 13.4. The number of piperidine rings is 1. The highest BCUT2D eigenvalue weighted by Crippen LogP contribution is 2.38. The highest BCUT2D eigenvalue weighted by Gasteiger charge is 2.40. The number of alkyl halides is 3. The summed E-state index contributed by atoms with van der Waals surface area (Å²) in [5.41, 5.74) is 1.83. The lowest BCUT2D eigenvalue weighted by atomic mass is 9.70. The third-order valence-corrected chi connectivity index (χ3v) is 10.4. The number of aromatic nitrogens is 2. The van der Waals surface area contributed by atoms with Gasteiger partial charge < -0.3 is 14.7 Å². The van der Waals surface area contributed by atoms with E-state index in [-0.39, 0.29) is 11.7 Å². The Morgan fingerprint density at radius 3 is 2.23 bits per heavy atom. The first-order valence-electron chi connectivity index (χ1n) is 15.8. The van der Waals surface area contributed by atoms with E-state index in [2.05, 4.69) is 9.88 Å². The molecule has 3 aromatic carbocycles. The fraction of sp³-hybridized carbons (Fsp3) is 0.333. The Morgan fingerprint density at radius 2 is 1.54 bits per heavy atom. The van der Waals surface area contributed by atoms with Crippen LogP contribution >= 0.6 is 23.4 Å². The fourth-order valence-corrected chi connectivity index (χ4v) is 7.53. The molecule has 0 unspecified atom stereocenters. The lowest BCUT2D eigenvalue weighted by molar-refractivity contribution is -0.137. The summed E-state index contributed by atoms with van der Waals surface area (Å²) in [6.07, 6.45) is -3.05. The molecule has 3 heterocycles. The van der Waals surface area contributed by atoms with E-state index >= 15 is 0 Å². The molecule has 6 rings (SSSR count). The van der Waals surface area contributed by atoms with E-state index < -0.39 is 17.2 Å². The maximum atomic E-state index is 13.4. The molecule has 0 atom stereocenters. The van der Waals surface area contributed by atoms with Crippen LogP contribution in [0.15, 0.2) is 90.1 Å². The van der Waals surface area contributed by atoms with Gasteiger partial charge in [-0.1, -0.05) is 71.9 Å². The molecule has 1 aromatic heterocycles. The summed E-state index contributed by atoms with van der Waals surface area (Å²) in [4.78, 5) is 41.2. The quantitative estimate of drug-likeness (QED) is 0.107. The third kappa shape index (κ3) is 7.47. The van der Waals surface area contributed by atoms with E-state index in [1.807, 2.05) is 53.4 Å². The summed E-state index contributed by atoms with van der Waals surface area (Å²) < 4.78 is 39.6. The number of hydrogen-bond donors (Lipinski definition) is 0. The zero-order valence-corrected chi connectivity index (χ0v) is 28.0. The molecule has 48 heavy (non-hydrogen) atoms. The van der Waals surface area contributed by atoms with Gasteiger partial charge in [0.2, 0.25) is 0 Å². The molecule has 250 valence electrons. The average molecular weight is 694 g/mol. The minimum atomic E-state index is -4.40. The Labute approximate surface area is 287 Å². The number of Topliss-reactive ketones (excluding diaryl/α,β-unsaturated/α-hetero) is 1. The SMILES string of the molecule is CC(=O)C1(c2ccccc2)CCN(c2cc(Cl)nc(SCc3cccc(C(=O)N4CCN(c5cccc(C(F)(F)F)c5)CC4)c3)n2)CC1. The number of nitrogens with zero attached hydrogens (tertiary/aromatic N) is 5. The van der Waals surface area contributed by atoms with Crippen molar-refractivity contribution < 1.29 is 22.8 Å². The van der Waals surface area contributed by atoms with E-state index in [1.54, 1.807) is 30.0 Å². The summed E-state index contributed by atoms with van der Waals surface area (Å²) in [5.74, 6) is 1.29. The van der Waals surface area contributed by atoms with Crippen molar-refractivity contribution in [1.82, 2.24) is 14.9 Å². The Bertz CT molecular complexity index is 1780. The molecule has 4 aromatic rings. The van der Waals surface area contributed by atoms with Crippen LogP contribution in [0.5, 0.6) is 0 Å². The standard InChI is InChI=1S/C36H35ClF3N5O2S/c1-25(46)35(28-9-3-2-4-10-28)13-15-44(16-14-35)32-23-31(37)41-34(42-32)48-24-26-7-5-8-27(21-26)33(47)45-19-17-43(18-20-45)30-12-6-11-29(22-30)36(38,39)40/h2-12,21-23H,13-20,24H2,1H3. The zero-order chi connectivity index (χ0) is 33.9. The van der Waals surface area contributed by atoms with Crippen LogP contribution in [0.1, 0.15) is 46.8 Å². The summed E-state index contributed by atoms with van der Waals surface area (Å²) >= 11 is 7.86. The second kappa shape index (κ2) is 14.2. The highest BCUT2D eigenvalue weighted by atomic mass is 35.5. The molecule has 0 radical (unpaired) electrons. The molecule has 7 nitrogen and oxygen atoms in total. The lowest BCUT2D eigenvalue weighted by Crippen LogP contribution is -2.48. The first-order valence-corrected chi connectivity index (χ1v) is 17.2. The predicted octanol–water partition coefficient (Wildman–Crippen LogP) is 7.53. The van der Waals surface area contributed by atoms with Crippen LogP contribution in [-0.2, 0) is 22.1 Å². The normalized spacial score (nSPS) is 16.6. The summed E-state index contributed by atoms with van der Waals surface area (Å²) in [5, 5.41) is 0.855. The molecular formula is C36H35ClF3N5O2S. The number of carbonyl (C=O) groups is 2. The predicted molar refractivity (Wildman–Crippen MR) is 183 cm³/mol. The number of ketones is 1. The van der Waals surface area contributed by atoms with Crippen LogP contribution < -0.4 is 9.80 Å². The largest absolute Gasteiger partial charge is 0.416 e. The minimum Gasteiger partial charge on any atom is -0.368 e. The summed E-state index contributed by atoms with van der Waals surface area (Å²) in [6.45, 7) is 4.68. The van der Waals surface area contributed by atoms with Crippen molar-refractivity contribution in [2.45, 2.75) is 42.3 Å². The molecule has 2 saturated heterocycles. The molecule has 2 aliphatic rings. The van der Waals surface area contributed by atoms with Gasteiger partial charge in [-0.3, -0.25) is 9.59 Å². The average Bonchev–Trinajstić information content (AvgIpc) is 3.10. The number of halogens is 4. The van der Waals surface area contributed by atoms with Gasteiger partial charge in [-0.2, -0.15) is 13.2 Å². The van der Waals surface area contributed by atoms with E-state index in [0.717, 1.165) is 29.1 Å². The van der Waals surface area contributed by atoms with E-state index in [0.29, 0.717) is 79.4 Å². The van der Waals surface area contributed by atoms with Crippen molar-refractivity contribution in [2.75, 3.05) is 49.1 Å². The number of hydrogen-bond acceptors (Lipinski definition) is 7. The van der Waals surface area contributed by atoms with Gasteiger partial charge in [-0.05, 0) is 61.2 Å². The Balaban J connectivity index is 1.06. The zero-order valence-electron chi connectivity index (χ0n) is 26.4.